The zero-order valence-electron chi connectivity index (χ0n) is 10.4. The molecule has 2 aromatic heterocycles. The second-order valence-electron chi connectivity index (χ2n) is 3.72. The molecule has 19 heavy (non-hydrogen) atoms. The molecule has 98 valence electrons. The van der Waals surface area contributed by atoms with Crippen LogP contribution in [0.25, 0.3) is 0 Å². The third kappa shape index (κ3) is 2.73. The summed E-state index contributed by atoms with van der Waals surface area (Å²) in [6.07, 6.45) is 1.25. The molecule has 0 aliphatic heterocycles. The standard InChI is InChI=1S/C11H12N6O2/c1-7-4-3-5-8(15-7)16-11-9(17(18)19)10(12-2)13-6-14-11/h3-6H,1-2H3,(H2,12,13,14,15,16). The largest absolute Gasteiger partial charge is 0.367 e. The summed E-state index contributed by atoms with van der Waals surface area (Å²) in [7, 11) is 1.56. The van der Waals surface area contributed by atoms with Crippen molar-refractivity contribution in [2.24, 2.45) is 0 Å². The maximum atomic E-state index is 11.1. The molecule has 0 saturated heterocycles. The third-order valence-electron chi connectivity index (χ3n) is 2.38. The summed E-state index contributed by atoms with van der Waals surface area (Å²) in [5, 5.41) is 16.6. The molecular formula is C11H12N6O2. The van der Waals surface area contributed by atoms with E-state index in [1.165, 1.54) is 6.33 Å². The van der Waals surface area contributed by atoms with Gasteiger partial charge in [0.05, 0.1) is 4.92 Å². The monoisotopic (exact) mass is 260 g/mol. The first-order chi connectivity index (χ1) is 9.11. The second kappa shape index (κ2) is 5.25. The van der Waals surface area contributed by atoms with E-state index in [4.69, 9.17) is 0 Å². The SMILES string of the molecule is CNc1ncnc(Nc2cccc(C)n2)c1[N+](=O)[O-]. The van der Waals surface area contributed by atoms with Crippen LogP contribution in [-0.2, 0) is 0 Å². The Morgan fingerprint density at radius 2 is 2.00 bits per heavy atom. The molecule has 2 aromatic rings. The molecule has 0 atom stereocenters. The number of anilines is 3. The average Bonchev–Trinajstić information content (AvgIpc) is 2.38. The summed E-state index contributed by atoms with van der Waals surface area (Å²) < 4.78 is 0. The van der Waals surface area contributed by atoms with Crippen molar-refractivity contribution in [3.05, 3.63) is 40.3 Å². The number of rotatable bonds is 4. The number of aromatic nitrogens is 3. The Bertz CT molecular complexity index is 616. The minimum atomic E-state index is -0.538. The van der Waals surface area contributed by atoms with Gasteiger partial charge in [0.2, 0.25) is 11.6 Å². The Morgan fingerprint density at radius 1 is 1.26 bits per heavy atom. The van der Waals surface area contributed by atoms with E-state index in [9.17, 15) is 10.1 Å². The van der Waals surface area contributed by atoms with Gasteiger partial charge in [0.15, 0.2) is 0 Å². The zero-order valence-corrected chi connectivity index (χ0v) is 10.4. The van der Waals surface area contributed by atoms with Crippen LogP contribution in [0.1, 0.15) is 5.69 Å². The molecule has 0 aromatic carbocycles. The van der Waals surface area contributed by atoms with E-state index in [0.717, 1.165) is 5.69 Å². The van der Waals surface area contributed by atoms with Gasteiger partial charge >= 0.3 is 5.69 Å². The average molecular weight is 260 g/mol. The molecule has 2 heterocycles. The molecule has 0 bridgehead atoms. The van der Waals surface area contributed by atoms with Gasteiger partial charge in [-0.15, -0.1) is 0 Å². The molecular weight excluding hydrogens is 248 g/mol. The lowest BCUT2D eigenvalue weighted by Gasteiger charge is -2.07. The van der Waals surface area contributed by atoms with Crippen molar-refractivity contribution in [2.45, 2.75) is 6.92 Å². The fourth-order valence-corrected chi connectivity index (χ4v) is 1.56. The minimum Gasteiger partial charge on any atom is -0.367 e. The third-order valence-corrected chi connectivity index (χ3v) is 2.38. The van der Waals surface area contributed by atoms with E-state index in [1.807, 2.05) is 13.0 Å². The van der Waals surface area contributed by atoms with Crippen LogP contribution in [-0.4, -0.2) is 26.9 Å². The fourth-order valence-electron chi connectivity index (χ4n) is 1.56. The van der Waals surface area contributed by atoms with Crippen LogP contribution in [0, 0.1) is 17.0 Å². The number of nitrogens with zero attached hydrogens (tertiary/aromatic N) is 4. The van der Waals surface area contributed by atoms with Crippen LogP contribution >= 0.6 is 0 Å². The second-order valence-corrected chi connectivity index (χ2v) is 3.72. The summed E-state index contributed by atoms with van der Waals surface area (Å²) in [5.41, 5.74) is 0.587. The van der Waals surface area contributed by atoms with Crippen LogP contribution in [0.2, 0.25) is 0 Å². The first-order valence-electron chi connectivity index (χ1n) is 5.49. The van der Waals surface area contributed by atoms with Crippen molar-refractivity contribution in [1.29, 1.82) is 0 Å². The van der Waals surface area contributed by atoms with Crippen LogP contribution in [0.4, 0.5) is 23.1 Å². The number of hydrogen-bond acceptors (Lipinski definition) is 7. The van der Waals surface area contributed by atoms with Gasteiger partial charge in [-0.2, -0.15) is 0 Å². The molecule has 0 aliphatic carbocycles. The summed E-state index contributed by atoms with van der Waals surface area (Å²) in [5.74, 6) is 0.737. The Hall–Kier alpha value is -2.77. The van der Waals surface area contributed by atoms with E-state index >= 15 is 0 Å². The lowest BCUT2D eigenvalue weighted by molar-refractivity contribution is -0.383. The molecule has 0 amide bonds. The predicted molar refractivity (Wildman–Crippen MR) is 70.5 cm³/mol. The van der Waals surface area contributed by atoms with Gasteiger partial charge in [0, 0.05) is 12.7 Å². The van der Waals surface area contributed by atoms with Gasteiger partial charge in [-0.25, -0.2) is 15.0 Å². The van der Waals surface area contributed by atoms with Gasteiger partial charge in [-0.05, 0) is 19.1 Å². The highest BCUT2D eigenvalue weighted by molar-refractivity contribution is 5.72. The van der Waals surface area contributed by atoms with Crippen LogP contribution in [0.5, 0.6) is 0 Å². The quantitative estimate of drug-likeness (QED) is 0.638. The highest BCUT2D eigenvalue weighted by atomic mass is 16.6. The predicted octanol–water partition coefficient (Wildman–Crippen LogP) is 1.87. The lowest BCUT2D eigenvalue weighted by atomic mass is 10.3. The topological polar surface area (TPSA) is 106 Å². The minimum absolute atomic E-state index is 0.0995. The van der Waals surface area contributed by atoms with E-state index in [0.29, 0.717) is 5.82 Å². The molecule has 0 unspecified atom stereocenters. The highest BCUT2D eigenvalue weighted by Gasteiger charge is 2.22. The molecule has 0 fully saturated rings. The van der Waals surface area contributed by atoms with Crippen molar-refractivity contribution >= 4 is 23.1 Å². The Morgan fingerprint density at radius 3 is 2.63 bits per heavy atom. The maximum Gasteiger partial charge on any atom is 0.353 e. The van der Waals surface area contributed by atoms with E-state index in [-0.39, 0.29) is 17.3 Å². The normalized spacial score (nSPS) is 10.0. The van der Waals surface area contributed by atoms with Crippen molar-refractivity contribution < 1.29 is 4.92 Å². The molecule has 0 saturated carbocycles. The number of nitro groups is 1. The summed E-state index contributed by atoms with van der Waals surface area (Å²) in [6, 6.07) is 5.34. The Balaban J connectivity index is 2.42. The van der Waals surface area contributed by atoms with E-state index < -0.39 is 4.92 Å². The van der Waals surface area contributed by atoms with Gasteiger partial charge in [-0.3, -0.25) is 10.1 Å². The molecule has 0 radical (unpaired) electrons. The highest BCUT2D eigenvalue weighted by Crippen LogP contribution is 2.30. The number of pyridine rings is 1. The van der Waals surface area contributed by atoms with E-state index in [1.54, 1.807) is 19.2 Å². The molecule has 2 N–H and O–H groups in total. The van der Waals surface area contributed by atoms with Gasteiger partial charge < -0.3 is 10.6 Å². The van der Waals surface area contributed by atoms with Crippen molar-refractivity contribution in [3.63, 3.8) is 0 Å². The lowest BCUT2D eigenvalue weighted by Crippen LogP contribution is -2.06. The summed E-state index contributed by atoms with van der Waals surface area (Å²) in [6.45, 7) is 1.83. The van der Waals surface area contributed by atoms with Crippen molar-refractivity contribution in [1.82, 2.24) is 15.0 Å². The molecule has 2 rings (SSSR count). The first kappa shape index (κ1) is 12.7. The summed E-state index contributed by atoms with van der Waals surface area (Å²) in [4.78, 5) is 22.5. The fraction of sp³-hybridized carbons (Fsp3) is 0.182. The van der Waals surface area contributed by atoms with Crippen LogP contribution in [0.15, 0.2) is 24.5 Å². The van der Waals surface area contributed by atoms with Gasteiger partial charge in [0.1, 0.15) is 12.1 Å². The van der Waals surface area contributed by atoms with Crippen LogP contribution < -0.4 is 10.6 Å². The Labute approximate surface area is 109 Å². The number of hydrogen-bond donors (Lipinski definition) is 2. The zero-order chi connectivity index (χ0) is 13.8. The number of aryl methyl sites for hydroxylation is 1. The van der Waals surface area contributed by atoms with E-state index in [2.05, 4.69) is 25.6 Å². The van der Waals surface area contributed by atoms with Crippen molar-refractivity contribution in [2.75, 3.05) is 17.7 Å². The Kier molecular flexibility index (Phi) is 3.51. The van der Waals surface area contributed by atoms with Gasteiger partial charge in [-0.1, -0.05) is 6.07 Å². The molecule has 0 spiro atoms. The van der Waals surface area contributed by atoms with Crippen molar-refractivity contribution in [3.8, 4) is 0 Å². The smallest absolute Gasteiger partial charge is 0.353 e. The maximum absolute atomic E-state index is 11.1. The first-order valence-corrected chi connectivity index (χ1v) is 5.49. The van der Waals surface area contributed by atoms with Gasteiger partial charge in [0.25, 0.3) is 0 Å². The molecule has 8 nitrogen and oxygen atoms in total. The molecule has 0 aliphatic rings. The molecule has 8 heteroatoms. The number of nitrogens with one attached hydrogen (secondary N) is 2. The van der Waals surface area contributed by atoms with Crippen LogP contribution in [0.3, 0.4) is 0 Å². The summed E-state index contributed by atoms with van der Waals surface area (Å²) >= 11 is 0.